The van der Waals surface area contributed by atoms with Crippen molar-refractivity contribution in [3.05, 3.63) is 35.4 Å². The van der Waals surface area contributed by atoms with E-state index in [4.69, 9.17) is 0 Å². The molecule has 25 heavy (non-hydrogen) atoms. The first-order valence-electron chi connectivity index (χ1n) is 9.45. The monoisotopic (exact) mass is 344 g/mol. The number of guanidine groups is 1. The molecule has 0 radical (unpaired) electrons. The van der Waals surface area contributed by atoms with E-state index in [0.717, 1.165) is 56.0 Å². The van der Waals surface area contributed by atoms with Crippen LogP contribution in [0, 0.1) is 0 Å². The summed E-state index contributed by atoms with van der Waals surface area (Å²) in [5, 5.41) is 3.39. The molecule has 1 fully saturated rings. The van der Waals surface area contributed by atoms with E-state index in [1.807, 2.05) is 36.2 Å². The predicted octanol–water partition coefficient (Wildman–Crippen LogP) is 3.12. The van der Waals surface area contributed by atoms with E-state index in [1.54, 1.807) is 0 Å². The molecule has 5 nitrogen and oxygen atoms in total. The molecular weight excluding hydrogens is 312 g/mol. The van der Waals surface area contributed by atoms with Crippen molar-refractivity contribution in [1.29, 1.82) is 0 Å². The zero-order chi connectivity index (χ0) is 18.1. The Morgan fingerprint density at radius 3 is 2.48 bits per heavy atom. The number of aliphatic imine (C=N–C) groups is 1. The summed E-state index contributed by atoms with van der Waals surface area (Å²) in [5.74, 6) is 1.07. The van der Waals surface area contributed by atoms with E-state index < -0.39 is 0 Å². The number of nitrogens with one attached hydrogen (secondary N) is 1. The van der Waals surface area contributed by atoms with Crippen molar-refractivity contribution in [2.45, 2.75) is 45.6 Å². The van der Waals surface area contributed by atoms with Crippen molar-refractivity contribution in [1.82, 2.24) is 15.1 Å². The molecule has 1 N–H and O–H groups in total. The Hall–Kier alpha value is -2.04. The zero-order valence-electron chi connectivity index (χ0n) is 15.9. The maximum absolute atomic E-state index is 12.5. The first-order chi connectivity index (χ1) is 12.2. The van der Waals surface area contributed by atoms with Crippen LogP contribution in [-0.2, 0) is 6.54 Å². The highest BCUT2D eigenvalue weighted by Crippen LogP contribution is 2.14. The van der Waals surface area contributed by atoms with Gasteiger partial charge in [-0.3, -0.25) is 9.79 Å². The summed E-state index contributed by atoms with van der Waals surface area (Å²) in [6, 6.07) is 7.95. The first-order valence-corrected chi connectivity index (χ1v) is 9.45. The number of carbonyl (C=O) groups is 1. The van der Waals surface area contributed by atoms with E-state index in [9.17, 15) is 4.79 Å². The van der Waals surface area contributed by atoms with Crippen molar-refractivity contribution in [3.8, 4) is 0 Å². The maximum atomic E-state index is 12.5. The van der Waals surface area contributed by atoms with Gasteiger partial charge in [-0.1, -0.05) is 25.5 Å². The van der Waals surface area contributed by atoms with E-state index in [0.29, 0.717) is 6.54 Å². The molecule has 1 saturated heterocycles. The molecule has 1 heterocycles. The Kier molecular flexibility index (Phi) is 7.76. The molecule has 1 aliphatic heterocycles. The Morgan fingerprint density at radius 2 is 1.88 bits per heavy atom. The molecule has 5 heteroatoms. The summed E-state index contributed by atoms with van der Waals surface area (Å²) in [5.41, 5.74) is 1.94. The van der Waals surface area contributed by atoms with Crippen LogP contribution in [0.3, 0.4) is 0 Å². The molecule has 1 amide bonds. The van der Waals surface area contributed by atoms with Crippen LogP contribution >= 0.6 is 0 Å². The van der Waals surface area contributed by atoms with Crippen molar-refractivity contribution in [2.75, 3.05) is 33.7 Å². The van der Waals surface area contributed by atoms with Crippen LogP contribution < -0.4 is 5.32 Å². The van der Waals surface area contributed by atoms with Gasteiger partial charge in [0, 0.05) is 45.8 Å². The van der Waals surface area contributed by atoms with E-state index >= 15 is 0 Å². The van der Waals surface area contributed by atoms with Gasteiger partial charge in [0.25, 0.3) is 5.91 Å². The van der Waals surface area contributed by atoms with Gasteiger partial charge in [-0.15, -0.1) is 0 Å². The van der Waals surface area contributed by atoms with Gasteiger partial charge in [0.1, 0.15) is 0 Å². The third kappa shape index (κ3) is 5.76. The predicted molar refractivity (Wildman–Crippen MR) is 104 cm³/mol. The Morgan fingerprint density at radius 1 is 1.20 bits per heavy atom. The number of unbranched alkanes of at least 4 members (excludes halogenated alkanes) is 1. The minimum absolute atomic E-state index is 0.161. The van der Waals surface area contributed by atoms with E-state index in [-0.39, 0.29) is 5.91 Å². The van der Waals surface area contributed by atoms with Crippen LogP contribution in [0.15, 0.2) is 29.3 Å². The van der Waals surface area contributed by atoms with Gasteiger partial charge in [-0.05, 0) is 43.4 Å². The smallest absolute Gasteiger partial charge is 0.253 e. The van der Waals surface area contributed by atoms with Gasteiger partial charge in [0.05, 0.1) is 0 Å². The van der Waals surface area contributed by atoms with Crippen LogP contribution in [-0.4, -0.2) is 55.4 Å². The number of rotatable bonds is 6. The third-order valence-corrected chi connectivity index (χ3v) is 4.72. The minimum Gasteiger partial charge on any atom is -0.352 e. The third-order valence-electron chi connectivity index (χ3n) is 4.72. The lowest BCUT2D eigenvalue weighted by atomic mass is 10.1. The molecule has 138 valence electrons. The largest absolute Gasteiger partial charge is 0.352 e. The molecule has 0 spiro atoms. The van der Waals surface area contributed by atoms with Gasteiger partial charge in [-0.2, -0.15) is 0 Å². The number of nitrogens with zero attached hydrogens (tertiary/aromatic N) is 3. The molecule has 0 bridgehead atoms. The molecule has 0 atom stereocenters. The molecule has 0 aliphatic carbocycles. The van der Waals surface area contributed by atoms with Crippen LogP contribution in [0.4, 0.5) is 0 Å². The van der Waals surface area contributed by atoms with Gasteiger partial charge >= 0.3 is 0 Å². The number of hydrogen-bond acceptors (Lipinski definition) is 2. The number of carbonyl (C=O) groups excluding carboxylic acids is 1. The Balaban J connectivity index is 1.88. The quantitative estimate of drug-likeness (QED) is 0.637. The summed E-state index contributed by atoms with van der Waals surface area (Å²) in [6.07, 6.45) is 5.82. The minimum atomic E-state index is 0.161. The lowest BCUT2D eigenvalue weighted by Crippen LogP contribution is -2.39. The summed E-state index contributed by atoms with van der Waals surface area (Å²) in [7, 11) is 3.87. The second kappa shape index (κ2) is 10.1. The van der Waals surface area contributed by atoms with Gasteiger partial charge in [-0.25, -0.2) is 0 Å². The molecule has 1 aromatic carbocycles. The number of amides is 1. The lowest BCUT2D eigenvalue weighted by molar-refractivity contribution is 0.0724. The van der Waals surface area contributed by atoms with Crippen molar-refractivity contribution in [2.24, 2.45) is 4.99 Å². The van der Waals surface area contributed by atoms with Crippen LogP contribution in [0.25, 0.3) is 0 Å². The fourth-order valence-electron chi connectivity index (χ4n) is 3.11. The fourth-order valence-corrected chi connectivity index (χ4v) is 3.11. The van der Waals surface area contributed by atoms with E-state index in [1.165, 1.54) is 12.8 Å². The topological polar surface area (TPSA) is 47.9 Å². The molecule has 0 saturated carbocycles. The number of benzene rings is 1. The molecule has 1 aromatic rings. The Bertz CT molecular complexity index is 562. The average Bonchev–Trinajstić information content (AvgIpc) is 2.67. The first kappa shape index (κ1) is 19.3. The highest BCUT2D eigenvalue weighted by Gasteiger charge is 2.17. The number of hydrogen-bond donors (Lipinski definition) is 1. The average molecular weight is 345 g/mol. The van der Waals surface area contributed by atoms with Crippen LogP contribution in [0.2, 0.25) is 0 Å². The van der Waals surface area contributed by atoms with Gasteiger partial charge in [0.2, 0.25) is 0 Å². The zero-order valence-corrected chi connectivity index (χ0v) is 15.9. The van der Waals surface area contributed by atoms with Crippen molar-refractivity contribution in [3.63, 3.8) is 0 Å². The van der Waals surface area contributed by atoms with Crippen LogP contribution in [0.1, 0.15) is 54.9 Å². The number of piperidine rings is 1. The summed E-state index contributed by atoms with van der Waals surface area (Å²) in [6.45, 7) is 5.68. The summed E-state index contributed by atoms with van der Waals surface area (Å²) < 4.78 is 0. The van der Waals surface area contributed by atoms with Crippen LogP contribution in [0.5, 0.6) is 0 Å². The second-order valence-electron chi connectivity index (χ2n) is 6.73. The highest BCUT2D eigenvalue weighted by molar-refractivity contribution is 5.94. The molecular formula is C20H32N4O. The van der Waals surface area contributed by atoms with Crippen molar-refractivity contribution < 1.29 is 4.79 Å². The standard InChI is InChI=1S/C20H32N4O/c1-4-5-13-23(3)20(21-2)22-16-17-9-11-18(12-10-17)19(25)24-14-7-6-8-15-24/h9-12H,4-8,13-16H2,1-3H3,(H,21,22). The molecule has 0 unspecified atom stereocenters. The molecule has 0 aromatic heterocycles. The highest BCUT2D eigenvalue weighted by atomic mass is 16.2. The normalized spacial score (nSPS) is 15.2. The molecule has 2 rings (SSSR count). The molecule has 1 aliphatic rings. The van der Waals surface area contributed by atoms with Gasteiger partial charge in [0.15, 0.2) is 5.96 Å². The second-order valence-corrected chi connectivity index (χ2v) is 6.73. The Labute approximate surface area is 152 Å². The fraction of sp³-hybridized carbons (Fsp3) is 0.600. The lowest BCUT2D eigenvalue weighted by Gasteiger charge is -2.26. The maximum Gasteiger partial charge on any atom is 0.253 e. The SMILES string of the molecule is CCCCN(C)C(=NC)NCc1ccc(C(=O)N2CCCCC2)cc1. The van der Waals surface area contributed by atoms with Gasteiger partial charge < -0.3 is 15.1 Å². The summed E-state index contributed by atoms with van der Waals surface area (Å²) >= 11 is 0. The van der Waals surface area contributed by atoms with Crippen molar-refractivity contribution >= 4 is 11.9 Å². The number of likely N-dealkylation sites (tertiary alicyclic amines) is 1. The summed E-state index contributed by atoms with van der Waals surface area (Å²) in [4.78, 5) is 21.0. The van der Waals surface area contributed by atoms with E-state index in [2.05, 4.69) is 29.2 Å².